The molecule has 0 saturated carbocycles. The van der Waals surface area contributed by atoms with Gasteiger partial charge in [0.1, 0.15) is 12.4 Å². The third-order valence-electron chi connectivity index (χ3n) is 2.98. The van der Waals surface area contributed by atoms with E-state index in [1.165, 1.54) is 5.56 Å². The molecule has 0 spiro atoms. The fraction of sp³-hybridized carbons (Fsp3) is 0.375. The number of nitrogens with zero attached hydrogens (tertiary/aromatic N) is 2. The summed E-state index contributed by atoms with van der Waals surface area (Å²) >= 11 is 0. The predicted molar refractivity (Wildman–Crippen MR) is 82.5 cm³/mol. The number of aromatic nitrogens is 2. The lowest BCUT2D eigenvalue weighted by molar-refractivity contribution is 0.176. The molecule has 112 valence electrons. The molecular formula is C16H21N3O2. The van der Waals surface area contributed by atoms with Gasteiger partial charge in [-0.25, -0.2) is 4.98 Å². The fourth-order valence-corrected chi connectivity index (χ4v) is 1.97. The van der Waals surface area contributed by atoms with Crippen LogP contribution < -0.4 is 10.1 Å². The third-order valence-corrected chi connectivity index (χ3v) is 2.98. The van der Waals surface area contributed by atoms with Crippen LogP contribution in [-0.4, -0.2) is 30.7 Å². The van der Waals surface area contributed by atoms with E-state index in [4.69, 9.17) is 9.47 Å². The maximum Gasteiger partial charge on any atom is 0.218 e. The van der Waals surface area contributed by atoms with Crippen LogP contribution in [0.4, 0.5) is 5.82 Å². The average Bonchev–Trinajstić information content (AvgIpc) is 2.53. The lowest BCUT2D eigenvalue weighted by Gasteiger charge is -2.09. The Bertz CT molecular complexity index is 546. The normalized spacial score (nSPS) is 10.4. The number of hydrogen-bond acceptors (Lipinski definition) is 5. The van der Waals surface area contributed by atoms with Gasteiger partial charge in [-0.1, -0.05) is 30.3 Å². The van der Waals surface area contributed by atoms with Crippen molar-refractivity contribution in [1.29, 1.82) is 0 Å². The molecule has 5 heteroatoms. The maximum absolute atomic E-state index is 5.71. The third kappa shape index (κ3) is 5.04. The van der Waals surface area contributed by atoms with E-state index >= 15 is 0 Å². The van der Waals surface area contributed by atoms with E-state index in [0.717, 1.165) is 18.7 Å². The molecule has 0 aliphatic carbocycles. The molecule has 0 unspecified atom stereocenters. The van der Waals surface area contributed by atoms with Crippen LogP contribution in [0, 0.1) is 0 Å². The monoisotopic (exact) mass is 287 g/mol. The highest BCUT2D eigenvalue weighted by molar-refractivity contribution is 5.37. The summed E-state index contributed by atoms with van der Waals surface area (Å²) in [6.07, 6.45) is 1.94. The molecule has 2 aromatic rings. The summed E-state index contributed by atoms with van der Waals surface area (Å²) in [5, 5.41) is 3.00. The molecule has 0 aliphatic rings. The number of anilines is 1. The molecule has 0 saturated heterocycles. The molecule has 0 amide bonds. The minimum absolute atomic E-state index is 0.371. The predicted octanol–water partition coefficient (Wildman–Crippen LogP) is 2.68. The van der Waals surface area contributed by atoms with E-state index in [1.807, 2.05) is 13.1 Å². The second-order valence-corrected chi connectivity index (χ2v) is 4.63. The highest BCUT2D eigenvalue weighted by Crippen LogP contribution is 2.14. The van der Waals surface area contributed by atoms with Crippen LogP contribution in [-0.2, 0) is 17.8 Å². The van der Waals surface area contributed by atoms with E-state index < -0.39 is 0 Å². The molecule has 21 heavy (non-hydrogen) atoms. The van der Waals surface area contributed by atoms with E-state index in [0.29, 0.717) is 24.9 Å². The molecule has 0 bridgehead atoms. The number of hydrogen-bond donors (Lipinski definition) is 1. The first kappa shape index (κ1) is 15.3. The standard InChI is InChI=1S/C16H21N3O2/c1-17-14-11-16(19-15(18-14)12-20-2)21-10-6-9-13-7-4-3-5-8-13/h3-5,7-8,11H,6,9-10,12H2,1-2H3,(H,17,18,19). The number of nitrogens with one attached hydrogen (secondary N) is 1. The van der Waals surface area contributed by atoms with E-state index in [1.54, 1.807) is 13.2 Å². The van der Waals surface area contributed by atoms with Gasteiger partial charge in [-0.05, 0) is 18.4 Å². The summed E-state index contributed by atoms with van der Waals surface area (Å²) in [4.78, 5) is 8.61. The van der Waals surface area contributed by atoms with Gasteiger partial charge in [0.2, 0.25) is 5.88 Å². The Morgan fingerprint density at radius 3 is 2.67 bits per heavy atom. The summed E-state index contributed by atoms with van der Waals surface area (Å²) in [7, 11) is 3.44. The number of ether oxygens (including phenoxy) is 2. The fourth-order valence-electron chi connectivity index (χ4n) is 1.97. The highest BCUT2D eigenvalue weighted by atomic mass is 16.5. The molecule has 0 fully saturated rings. The van der Waals surface area contributed by atoms with E-state index in [2.05, 4.69) is 39.6 Å². The molecular weight excluding hydrogens is 266 g/mol. The van der Waals surface area contributed by atoms with Gasteiger partial charge in [0.25, 0.3) is 0 Å². The number of benzene rings is 1. The van der Waals surface area contributed by atoms with E-state index in [9.17, 15) is 0 Å². The first-order chi connectivity index (χ1) is 10.3. The summed E-state index contributed by atoms with van der Waals surface area (Å²) in [5.41, 5.74) is 1.32. The summed E-state index contributed by atoms with van der Waals surface area (Å²) < 4.78 is 10.8. The molecule has 1 heterocycles. The van der Waals surface area contributed by atoms with Gasteiger partial charge >= 0.3 is 0 Å². The van der Waals surface area contributed by atoms with Gasteiger partial charge in [0.15, 0.2) is 5.82 Å². The van der Waals surface area contributed by atoms with Crippen molar-refractivity contribution in [2.75, 3.05) is 26.1 Å². The van der Waals surface area contributed by atoms with Crippen molar-refractivity contribution >= 4 is 5.82 Å². The Morgan fingerprint density at radius 1 is 1.14 bits per heavy atom. The van der Waals surface area contributed by atoms with Crippen LogP contribution in [0.5, 0.6) is 5.88 Å². The van der Waals surface area contributed by atoms with Crippen LogP contribution >= 0.6 is 0 Å². The van der Waals surface area contributed by atoms with Gasteiger partial charge < -0.3 is 14.8 Å². The zero-order valence-electron chi connectivity index (χ0n) is 12.5. The van der Waals surface area contributed by atoms with Crippen LogP contribution in [0.3, 0.4) is 0 Å². The van der Waals surface area contributed by atoms with Crippen molar-refractivity contribution in [3.8, 4) is 5.88 Å². The SMILES string of the molecule is CNc1cc(OCCCc2ccccc2)nc(COC)n1. The molecule has 1 N–H and O–H groups in total. The Labute approximate surface area is 125 Å². The van der Waals surface area contributed by atoms with Crippen molar-refractivity contribution in [2.24, 2.45) is 0 Å². The second-order valence-electron chi connectivity index (χ2n) is 4.63. The largest absolute Gasteiger partial charge is 0.478 e. The molecule has 0 atom stereocenters. The first-order valence-electron chi connectivity index (χ1n) is 7.03. The average molecular weight is 287 g/mol. The summed E-state index contributed by atoms with van der Waals surface area (Å²) in [5.74, 6) is 1.92. The Hall–Kier alpha value is -2.14. The van der Waals surface area contributed by atoms with Gasteiger partial charge in [-0.3, -0.25) is 0 Å². The zero-order valence-corrected chi connectivity index (χ0v) is 12.5. The van der Waals surface area contributed by atoms with E-state index in [-0.39, 0.29) is 0 Å². The number of aryl methyl sites for hydroxylation is 1. The van der Waals surface area contributed by atoms with Gasteiger partial charge in [0.05, 0.1) is 6.61 Å². The maximum atomic E-state index is 5.71. The van der Waals surface area contributed by atoms with Crippen molar-refractivity contribution in [1.82, 2.24) is 9.97 Å². The quantitative estimate of drug-likeness (QED) is 0.756. The molecule has 5 nitrogen and oxygen atoms in total. The van der Waals surface area contributed by atoms with Crippen molar-refractivity contribution in [2.45, 2.75) is 19.4 Å². The number of methoxy groups -OCH3 is 1. The van der Waals surface area contributed by atoms with Gasteiger partial charge in [0, 0.05) is 20.2 Å². The smallest absolute Gasteiger partial charge is 0.218 e. The summed E-state index contributed by atoms with van der Waals surface area (Å²) in [6.45, 7) is 0.997. The van der Waals surface area contributed by atoms with Crippen LogP contribution in [0.15, 0.2) is 36.4 Å². The lowest BCUT2D eigenvalue weighted by atomic mass is 10.1. The molecule has 2 rings (SSSR count). The summed E-state index contributed by atoms with van der Waals surface area (Å²) in [6, 6.07) is 12.2. The lowest BCUT2D eigenvalue weighted by Crippen LogP contribution is -2.06. The van der Waals surface area contributed by atoms with Gasteiger partial charge in [-0.15, -0.1) is 0 Å². The first-order valence-corrected chi connectivity index (χ1v) is 7.03. The second kappa shape index (κ2) is 8.21. The van der Waals surface area contributed by atoms with Crippen LogP contribution in [0.25, 0.3) is 0 Å². The number of rotatable bonds is 8. The van der Waals surface area contributed by atoms with Crippen molar-refractivity contribution in [3.05, 3.63) is 47.8 Å². The molecule has 0 radical (unpaired) electrons. The Morgan fingerprint density at radius 2 is 1.95 bits per heavy atom. The minimum atomic E-state index is 0.371. The van der Waals surface area contributed by atoms with Crippen LogP contribution in [0.1, 0.15) is 17.8 Å². The highest BCUT2D eigenvalue weighted by Gasteiger charge is 2.04. The van der Waals surface area contributed by atoms with Crippen molar-refractivity contribution in [3.63, 3.8) is 0 Å². The molecule has 1 aromatic carbocycles. The van der Waals surface area contributed by atoms with Gasteiger partial charge in [-0.2, -0.15) is 4.98 Å². The van der Waals surface area contributed by atoms with Crippen LogP contribution in [0.2, 0.25) is 0 Å². The van der Waals surface area contributed by atoms with Crippen molar-refractivity contribution < 1.29 is 9.47 Å². The Kier molecular flexibility index (Phi) is 5.97. The Balaban J connectivity index is 1.86. The molecule has 1 aromatic heterocycles. The topological polar surface area (TPSA) is 56.3 Å². The molecule has 0 aliphatic heterocycles. The minimum Gasteiger partial charge on any atom is -0.478 e. The zero-order chi connectivity index (χ0) is 14.9.